The summed E-state index contributed by atoms with van der Waals surface area (Å²) in [6.45, 7) is 0.647. The number of halogens is 3. The fourth-order valence-electron chi connectivity index (χ4n) is 2.40. The van der Waals surface area contributed by atoms with Crippen molar-refractivity contribution in [2.45, 2.75) is 25.1 Å². The first-order valence-electron chi connectivity index (χ1n) is 6.02. The number of hydrogen-bond donors (Lipinski definition) is 2. The normalized spacial score (nSPS) is 25.1. The molecule has 1 saturated heterocycles. The van der Waals surface area contributed by atoms with Crippen LogP contribution in [0.15, 0.2) is 24.3 Å². The van der Waals surface area contributed by atoms with Crippen molar-refractivity contribution in [1.29, 1.82) is 0 Å². The van der Waals surface area contributed by atoms with Crippen LogP contribution in [-0.2, 0) is 6.18 Å². The summed E-state index contributed by atoms with van der Waals surface area (Å²) in [5, 5.41) is 12.1. The lowest BCUT2D eigenvalue weighted by Crippen LogP contribution is -2.35. The number of aliphatic hydroxyl groups excluding tert-OH is 1. The summed E-state index contributed by atoms with van der Waals surface area (Å²) >= 11 is 0. The van der Waals surface area contributed by atoms with Gasteiger partial charge in [-0.2, -0.15) is 13.2 Å². The third-order valence-electron chi connectivity index (χ3n) is 3.42. The molecule has 0 bridgehead atoms. The summed E-state index contributed by atoms with van der Waals surface area (Å²) in [6, 6.07) is 5.41. The smallest absolute Gasteiger partial charge is 0.396 e. The molecule has 2 N–H and O–H groups in total. The molecule has 100 valence electrons. The highest BCUT2D eigenvalue weighted by Crippen LogP contribution is 2.37. The minimum Gasteiger partial charge on any atom is -0.396 e. The maximum Gasteiger partial charge on any atom is 0.416 e. The number of piperidine rings is 1. The van der Waals surface area contributed by atoms with Crippen LogP contribution in [0.3, 0.4) is 0 Å². The summed E-state index contributed by atoms with van der Waals surface area (Å²) in [5.74, 6) is 0.152. The van der Waals surface area contributed by atoms with E-state index in [1.807, 2.05) is 0 Å². The molecule has 5 heteroatoms. The number of alkyl halides is 3. The van der Waals surface area contributed by atoms with Gasteiger partial charge in [0.25, 0.3) is 0 Å². The summed E-state index contributed by atoms with van der Waals surface area (Å²) in [6.07, 6.45) is -2.94. The number of aliphatic hydroxyl groups is 1. The topological polar surface area (TPSA) is 32.3 Å². The molecule has 0 saturated carbocycles. The fraction of sp³-hybridized carbons (Fsp3) is 0.538. The van der Waals surface area contributed by atoms with Crippen LogP contribution in [-0.4, -0.2) is 18.3 Å². The molecule has 1 fully saturated rings. The van der Waals surface area contributed by atoms with Crippen molar-refractivity contribution >= 4 is 0 Å². The third-order valence-corrected chi connectivity index (χ3v) is 3.42. The predicted octanol–water partition coefficient (Wildman–Crippen LogP) is 2.74. The average Bonchev–Trinajstić information content (AvgIpc) is 2.38. The molecule has 1 heterocycles. The molecule has 0 amide bonds. The summed E-state index contributed by atoms with van der Waals surface area (Å²) < 4.78 is 38.6. The van der Waals surface area contributed by atoms with E-state index in [4.69, 9.17) is 5.11 Å². The third kappa shape index (κ3) is 2.84. The second-order valence-electron chi connectivity index (χ2n) is 4.67. The molecule has 2 atom stereocenters. The zero-order chi connectivity index (χ0) is 13.2. The molecule has 1 aromatic rings. The van der Waals surface area contributed by atoms with Gasteiger partial charge in [0, 0.05) is 19.2 Å². The van der Waals surface area contributed by atoms with Crippen molar-refractivity contribution in [2.75, 3.05) is 13.2 Å². The summed E-state index contributed by atoms with van der Waals surface area (Å²) in [4.78, 5) is 0. The Morgan fingerprint density at radius 2 is 1.94 bits per heavy atom. The van der Waals surface area contributed by atoms with Crippen LogP contribution in [0.25, 0.3) is 0 Å². The molecule has 2 nitrogen and oxygen atoms in total. The first kappa shape index (κ1) is 13.4. The first-order valence-corrected chi connectivity index (χ1v) is 6.02. The Morgan fingerprint density at radius 1 is 1.22 bits per heavy atom. The van der Waals surface area contributed by atoms with Crippen LogP contribution in [0, 0.1) is 5.92 Å². The van der Waals surface area contributed by atoms with E-state index < -0.39 is 11.7 Å². The van der Waals surface area contributed by atoms with Gasteiger partial charge in [0.05, 0.1) is 5.56 Å². The van der Waals surface area contributed by atoms with Gasteiger partial charge in [-0.15, -0.1) is 0 Å². The lowest BCUT2D eigenvalue weighted by molar-refractivity contribution is -0.138. The van der Waals surface area contributed by atoms with Crippen molar-refractivity contribution in [3.05, 3.63) is 35.4 Å². The van der Waals surface area contributed by atoms with E-state index in [-0.39, 0.29) is 18.6 Å². The molecule has 1 aliphatic heterocycles. The Morgan fingerprint density at radius 3 is 2.50 bits per heavy atom. The molecule has 1 aromatic carbocycles. The fourth-order valence-corrected chi connectivity index (χ4v) is 2.40. The average molecular weight is 259 g/mol. The maximum atomic E-state index is 12.9. The van der Waals surface area contributed by atoms with Crippen LogP contribution in [0.5, 0.6) is 0 Å². The summed E-state index contributed by atoms with van der Waals surface area (Å²) in [7, 11) is 0. The Hall–Kier alpha value is -1.07. The second kappa shape index (κ2) is 5.28. The van der Waals surface area contributed by atoms with E-state index in [0.29, 0.717) is 18.5 Å². The van der Waals surface area contributed by atoms with E-state index in [2.05, 4.69) is 5.32 Å². The number of hydrogen-bond acceptors (Lipinski definition) is 2. The molecule has 2 rings (SSSR count). The zero-order valence-electron chi connectivity index (χ0n) is 9.87. The van der Waals surface area contributed by atoms with E-state index in [0.717, 1.165) is 12.5 Å². The van der Waals surface area contributed by atoms with Crippen LogP contribution in [0.4, 0.5) is 13.2 Å². The largest absolute Gasteiger partial charge is 0.416 e. The molecule has 0 spiro atoms. The van der Waals surface area contributed by atoms with Crippen LogP contribution in [0.2, 0.25) is 0 Å². The molecule has 0 radical (unpaired) electrons. The van der Waals surface area contributed by atoms with Gasteiger partial charge in [-0.1, -0.05) is 18.2 Å². The summed E-state index contributed by atoms with van der Waals surface area (Å²) in [5.41, 5.74) is -0.258. The van der Waals surface area contributed by atoms with Crippen LogP contribution in [0.1, 0.15) is 30.0 Å². The van der Waals surface area contributed by atoms with E-state index in [1.165, 1.54) is 12.1 Å². The molecule has 1 aliphatic rings. The SMILES string of the molecule is OCC1CCC(c2ccccc2C(F)(F)F)NC1. The van der Waals surface area contributed by atoms with Gasteiger partial charge in [0.1, 0.15) is 0 Å². The highest BCUT2D eigenvalue weighted by Gasteiger charge is 2.35. The molecule has 0 aromatic heterocycles. The quantitative estimate of drug-likeness (QED) is 0.856. The Labute approximate surface area is 104 Å². The van der Waals surface area contributed by atoms with E-state index in [9.17, 15) is 13.2 Å². The van der Waals surface area contributed by atoms with Crippen molar-refractivity contribution in [3.63, 3.8) is 0 Å². The molecule has 0 aliphatic carbocycles. The number of benzene rings is 1. The highest BCUT2D eigenvalue weighted by atomic mass is 19.4. The molecule has 18 heavy (non-hydrogen) atoms. The van der Waals surface area contributed by atoms with Crippen molar-refractivity contribution in [2.24, 2.45) is 5.92 Å². The Balaban J connectivity index is 2.19. The molecular formula is C13H16F3NO. The van der Waals surface area contributed by atoms with Gasteiger partial charge in [-0.05, 0) is 30.4 Å². The van der Waals surface area contributed by atoms with Gasteiger partial charge in [0.2, 0.25) is 0 Å². The molecular weight excluding hydrogens is 243 g/mol. The number of nitrogens with one attached hydrogen (secondary N) is 1. The minimum absolute atomic E-state index is 0.0840. The number of rotatable bonds is 2. The zero-order valence-corrected chi connectivity index (χ0v) is 9.87. The second-order valence-corrected chi connectivity index (χ2v) is 4.67. The predicted molar refractivity (Wildman–Crippen MR) is 62.0 cm³/mol. The molecule has 2 unspecified atom stereocenters. The lowest BCUT2D eigenvalue weighted by Gasteiger charge is -2.30. The first-order chi connectivity index (χ1) is 8.52. The van der Waals surface area contributed by atoms with Gasteiger partial charge >= 0.3 is 6.18 Å². The maximum absolute atomic E-state index is 12.9. The lowest BCUT2D eigenvalue weighted by atomic mass is 9.89. The van der Waals surface area contributed by atoms with Crippen molar-refractivity contribution in [3.8, 4) is 0 Å². The van der Waals surface area contributed by atoms with Crippen LogP contribution < -0.4 is 5.32 Å². The monoisotopic (exact) mass is 259 g/mol. The minimum atomic E-state index is -4.31. The van der Waals surface area contributed by atoms with Crippen molar-refractivity contribution < 1.29 is 18.3 Å². The van der Waals surface area contributed by atoms with Gasteiger partial charge in [-0.3, -0.25) is 0 Å². The van der Waals surface area contributed by atoms with Gasteiger partial charge in [-0.25, -0.2) is 0 Å². The Bertz CT molecular complexity index is 397. The van der Waals surface area contributed by atoms with Gasteiger partial charge < -0.3 is 10.4 Å². The highest BCUT2D eigenvalue weighted by molar-refractivity contribution is 5.32. The van der Waals surface area contributed by atoms with Crippen LogP contribution >= 0.6 is 0 Å². The van der Waals surface area contributed by atoms with Crippen molar-refractivity contribution in [1.82, 2.24) is 5.32 Å². The van der Waals surface area contributed by atoms with Gasteiger partial charge in [0.15, 0.2) is 0 Å². The van der Waals surface area contributed by atoms with E-state index in [1.54, 1.807) is 6.07 Å². The van der Waals surface area contributed by atoms with E-state index >= 15 is 0 Å². The Kier molecular flexibility index (Phi) is 3.92. The standard InChI is InChI=1S/C13H16F3NO/c14-13(15,16)11-4-2-1-3-10(11)12-6-5-9(8-18)7-17-12/h1-4,9,12,17-18H,5-8H2.